The number of ether oxygens (including phenoxy) is 1. The normalized spacial score (nSPS) is 27.0. The van der Waals surface area contributed by atoms with Crippen LogP contribution >= 0.6 is 24.0 Å². The molecular weight excluding hydrogens is 397 g/mol. The molecule has 28 heavy (non-hydrogen) atoms. The van der Waals surface area contributed by atoms with Crippen LogP contribution in [0.2, 0.25) is 5.02 Å². The molecule has 7 heteroatoms. The van der Waals surface area contributed by atoms with Crippen molar-refractivity contribution in [2.75, 3.05) is 19.7 Å². The number of piperidine rings is 1. The van der Waals surface area contributed by atoms with Crippen molar-refractivity contribution in [2.45, 2.75) is 70.1 Å². The average molecular weight is 428 g/mol. The average Bonchev–Trinajstić information content (AvgIpc) is 2.99. The largest absolute Gasteiger partial charge is 0.379 e. The molecule has 2 aliphatic rings. The van der Waals surface area contributed by atoms with E-state index in [4.69, 9.17) is 16.3 Å². The first kappa shape index (κ1) is 21.7. The highest BCUT2D eigenvalue weighted by molar-refractivity contribution is 6.31. The minimum Gasteiger partial charge on any atom is -0.379 e. The molecule has 2 aromatic rings. The maximum Gasteiger partial charge on any atom is 0.326 e. The summed E-state index contributed by atoms with van der Waals surface area (Å²) >= 11 is 6.17. The number of benzene rings is 1. The molecule has 1 aliphatic carbocycles. The second-order valence-corrected chi connectivity index (χ2v) is 8.77. The van der Waals surface area contributed by atoms with Crippen LogP contribution in [0.25, 0.3) is 11.0 Å². The number of halogens is 2. The molecule has 156 valence electrons. The summed E-state index contributed by atoms with van der Waals surface area (Å²) in [5.74, 6) is 0. The summed E-state index contributed by atoms with van der Waals surface area (Å²) < 4.78 is 7.75. The van der Waals surface area contributed by atoms with E-state index in [1.54, 1.807) is 0 Å². The first-order valence-electron chi connectivity index (χ1n) is 10.3. The van der Waals surface area contributed by atoms with Gasteiger partial charge in [-0.1, -0.05) is 11.6 Å². The second-order valence-electron chi connectivity index (χ2n) is 8.33. The molecular formula is C21H31Cl2N3O2. The lowest BCUT2D eigenvalue weighted by molar-refractivity contribution is -0.0273. The molecule has 0 spiro atoms. The van der Waals surface area contributed by atoms with Crippen LogP contribution in [0.5, 0.6) is 0 Å². The summed E-state index contributed by atoms with van der Waals surface area (Å²) in [5, 5.41) is 0.672. The van der Waals surface area contributed by atoms with Crippen molar-refractivity contribution in [1.29, 1.82) is 0 Å². The van der Waals surface area contributed by atoms with Crippen molar-refractivity contribution in [3.05, 3.63) is 33.7 Å². The number of nitrogens with zero attached hydrogens (tertiary/aromatic N) is 2. The number of rotatable bonds is 4. The Kier molecular flexibility index (Phi) is 6.80. The minimum atomic E-state index is -0.0193. The molecule has 2 fully saturated rings. The Labute approximate surface area is 177 Å². The number of aromatic amines is 1. The van der Waals surface area contributed by atoms with Gasteiger partial charge >= 0.3 is 5.69 Å². The fourth-order valence-corrected chi connectivity index (χ4v) is 5.22. The molecule has 1 aliphatic heterocycles. The van der Waals surface area contributed by atoms with E-state index in [-0.39, 0.29) is 29.7 Å². The Morgan fingerprint density at radius 3 is 2.54 bits per heavy atom. The maximum atomic E-state index is 12.5. The predicted octanol–water partition coefficient (Wildman–Crippen LogP) is 4.78. The number of imidazole rings is 1. The summed E-state index contributed by atoms with van der Waals surface area (Å²) in [6, 6.07) is 5.86. The fourth-order valence-electron chi connectivity index (χ4n) is 5.05. The van der Waals surface area contributed by atoms with Crippen LogP contribution in [0, 0.1) is 0 Å². The summed E-state index contributed by atoms with van der Waals surface area (Å²) in [6.07, 6.45) is 7.16. The molecule has 1 aromatic heterocycles. The summed E-state index contributed by atoms with van der Waals surface area (Å²) in [5.41, 5.74) is 2.05. The number of fused-ring (bicyclic) bond motifs is 1. The molecule has 0 atom stereocenters. The van der Waals surface area contributed by atoms with Gasteiger partial charge in [-0.2, -0.15) is 0 Å². The van der Waals surface area contributed by atoms with E-state index in [1.165, 1.54) is 12.8 Å². The van der Waals surface area contributed by atoms with Crippen molar-refractivity contribution < 1.29 is 4.74 Å². The molecule has 4 rings (SSSR count). The Morgan fingerprint density at radius 2 is 1.89 bits per heavy atom. The number of hydrogen-bond donors (Lipinski definition) is 1. The zero-order chi connectivity index (χ0) is 19.0. The van der Waals surface area contributed by atoms with Gasteiger partial charge in [0.15, 0.2) is 0 Å². The van der Waals surface area contributed by atoms with Crippen LogP contribution in [-0.4, -0.2) is 45.8 Å². The monoisotopic (exact) mass is 427 g/mol. The van der Waals surface area contributed by atoms with E-state index in [1.807, 2.05) is 22.8 Å². The smallest absolute Gasteiger partial charge is 0.326 e. The number of hydrogen-bond acceptors (Lipinski definition) is 3. The van der Waals surface area contributed by atoms with Crippen molar-refractivity contribution in [3.63, 3.8) is 0 Å². The molecule has 1 aromatic carbocycles. The van der Waals surface area contributed by atoms with Crippen LogP contribution in [0.3, 0.4) is 0 Å². The highest BCUT2D eigenvalue weighted by atomic mass is 35.5. The topological polar surface area (TPSA) is 50.3 Å². The molecule has 0 amide bonds. The Hall–Kier alpha value is -1.01. The third kappa shape index (κ3) is 4.13. The molecule has 5 nitrogen and oxygen atoms in total. The van der Waals surface area contributed by atoms with Crippen molar-refractivity contribution in [2.24, 2.45) is 0 Å². The van der Waals surface area contributed by atoms with E-state index < -0.39 is 0 Å². The van der Waals surface area contributed by atoms with Gasteiger partial charge in [0.2, 0.25) is 0 Å². The van der Waals surface area contributed by atoms with Crippen LogP contribution < -0.4 is 5.69 Å². The van der Waals surface area contributed by atoms with E-state index in [9.17, 15) is 4.79 Å². The third-order valence-electron chi connectivity index (χ3n) is 6.68. The van der Waals surface area contributed by atoms with Gasteiger partial charge in [0.05, 0.1) is 17.1 Å². The number of likely N-dealkylation sites (tertiary alicyclic amines) is 1. The van der Waals surface area contributed by atoms with Gasteiger partial charge in [-0.25, -0.2) is 4.79 Å². The molecule has 1 saturated carbocycles. The number of aromatic nitrogens is 2. The first-order valence-corrected chi connectivity index (χ1v) is 10.6. The third-order valence-corrected chi connectivity index (χ3v) is 6.92. The van der Waals surface area contributed by atoms with Gasteiger partial charge in [0, 0.05) is 36.3 Å². The molecule has 1 saturated heterocycles. The van der Waals surface area contributed by atoms with Gasteiger partial charge in [-0.3, -0.25) is 9.47 Å². The van der Waals surface area contributed by atoms with Crippen molar-refractivity contribution in [1.82, 2.24) is 14.5 Å². The molecule has 0 unspecified atom stereocenters. The maximum absolute atomic E-state index is 12.5. The highest BCUT2D eigenvalue weighted by Crippen LogP contribution is 2.38. The van der Waals surface area contributed by atoms with Crippen molar-refractivity contribution in [3.8, 4) is 0 Å². The highest BCUT2D eigenvalue weighted by Gasteiger charge is 2.38. The van der Waals surface area contributed by atoms with E-state index in [2.05, 4.69) is 23.7 Å². The Balaban J connectivity index is 0.00000225. The Morgan fingerprint density at radius 1 is 1.21 bits per heavy atom. The van der Waals surface area contributed by atoms with Crippen LogP contribution in [-0.2, 0) is 4.74 Å². The minimum absolute atomic E-state index is 0. The predicted molar refractivity (Wildman–Crippen MR) is 117 cm³/mol. The Bertz CT molecular complexity index is 847. The van der Waals surface area contributed by atoms with E-state index >= 15 is 0 Å². The lowest BCUT2D eigenvalue weighted by atomic mass is 9.79. The quantitative estimate of drug-likeness (QED) is 0.763. The summed E-state index contributed by atoms with van der Waals surface area (Å²) in [4.78, 5) is 18.2. The SMILES string of the molecule is CCO[C@H]1CC[C@](C)(N2CCC(n3c(=O)[nH]c4ccc(Cl)cc43)CC2)CC1.Cl. The van der Waals surface area contributed by atoms with Crippen LogP contribution in [0.4, 0.5) is 0 Å². The van der Waals surface area contributed by atoms with E-state index in [0.29, 0.717) is 11.1 Å². The number of nitrogens with one attached hydrogen (secondary N) is 1. The lowest BCUT2D eigenvalue weighted by Crippen LogP contribution is -2.53. The van der Waals surface area contributed by atoms with Crippen LogP contribution in [0.1, 0.15) is 58.4 Å². The molecule has 2 heterocycles. The zero-order valence-electron chi connectivity index (χ0n) is 16.7. The van der Waals surface area contributed by atoms with Gasteiger partial charge in [-0.15, -0.1) is 12.4 Å². The van der Waals surface area contributed by atoms with E-state index in [0.717, 1.165) is 56.4 Å². The van der Waals surface area contributed by atoms with Crippen LogP contribution in [0.15, 0.2) is 23.0 Å². The van der Waals surface area contributed by atoms with Gasteiger partial charge < -0.3 is 9.72 Å². The van der Waals surface area contributed by atoms with Gasteiger partial charge in [0.1, 0.15) is 0 Å². The fraction of sp³-hybridized carbons (Fsp3) is 0.667. The zero-order valence-corrected chi connectivity index (χ0v) is 18.3. The number of H-pyrrole nitrogens is 1. The standard InChI is InChI=1S/C21H30ClN3O2.ClH/c1-3-27-17-6-10-21(2,11-7-17)24-12-8-16(9-13-24)25-19-14-15(22)4-5-18(19)23-20(25)26;/h4-5,14,16-17H,3,6-13H2,1-2H3,(H,23,26);1H/t17-,21-;. The van der Waals surface area contributed by atoms with Gasteiger partial charge in [-0.05, 0) is 70.6 Å². The van der Waals surface area contributed by atoms with Crippen molar-refractivity contribution >= 4 is 35.0 Å². The molecule has 1 N–H and O–H groups in total. The summed E-state index contributed by atoms with van der Waals surface area (Å²) in [7, 11) is 0. The first-order chi connectivity index (χ1) is 13.0. The second kappa shape index (κ2) is 8.78. The summed E-state index contributed by atoms with van der Waals surface area (Å²) in [6.45, 7) is 7.39. The lowest BCUT2D eigenvalue weighted by Gasteiger charge is -2.48. The molecule has 0 radical (unpaired) electrons. The van der Waals surface area contributed by atoms with Gasteiger partial charge in [0.25, 0.3) is 0 Å². The molecule has 0 bridgehead atoms.